The summed E-state index contributed by atoms with van der Waals surface area (Å²) in [5.74, 6) is 1.99. The third-order valence-electron chi connectivity index (χ3n) is 5.24. The van der Waals surface area contributed by atoms with Crippen molar-refractivity contribution in [2.24, 2.45) is 0 Å². The number of hydrogen-bond donors (Lipinski definition) is 2. The molecule has 0 amide bonds. The lowest BCUT2D eigenvalue weighted by molar-refractivity contribution is 0.330. The lowest BCUT2D eigenvalue weighted by Gasteiger charge is -2.17. The molecule has 2 heterocycles. The Balaban J connectivity index is 1.74. The van der Waals surface area contributed by atoms with Crippen molar-refractivity contribution < 1.29 is 4.74 Å². The van der Waals surface area contributed by atoms with Gasteiger partial charge in [0.15, 0.2) is 0 Å². The topological polar surface area (TPSA) is 76.3 Å². The van der Waals surface area contributed by atoms with Crippen LogP contribution in [0.5, 0.6) is 5.75 Å². The molecule has 1 atom stereocenters. The Hall–Kier alpha value is -2.34. The molecule has 6 heteroatoms. The minimum absolute atomic E-state index is 0.299. The number of nitrogens with one attached hydrogen (secondary N) is 1. The normalized spacial score (nSPS) is 15.5. The number of likely N-dealkylation sites (tertiary alicyclic amines) is 1. The van der Waals surface area contributed by atoms with Crippen LogP contribution in [0.4, 0.5) is 11.8 Å². The summed E-state index contributed by atoms with van der Waals surface area (Å²) in [5, 5.41) is 3.42. The van der Waals surface area contributed by atoms with Crippen molar-refractivity contribution in [3.05, 3.63) is 41.1 Å². The van der Waals surface area contributed by atoms with Crippen LogP contribution in [-0.4, -0.2) is 41.1 Å². The van der Waals surface area contributed by atoms with Crippen molar-refractivity contribution in [2.75, 3.05) is 31.2 Å². The summed E-state index contributed by atoms with van der Waals surface area (Å²) in [7, 11) is 1.73. The van der Waals surface area contributed by atoms with Crippen LogP contribution in [0.15, 0.2) is 24.3 Å². The number of benzene rings is 1. The molecule has 0 unspecified atom stereocenters. The number of nitrogens with zero attached hydrogens (tertiary/aromatic N) is 3. The van der Waals surface area contributed by atoms with Crippen molar-refractivity contribution in [2.45, 2.75) is 58.5 Å². The summed E-state index contributed by atoms with van der Waals surface area (Å²) in [6, 6.07) is 8.84. The molecular formula is C22H33N5O. The maximum Gasteiger partial charge on any atom is 0.222 e. The first kappa shape index (κ1) is 20.4. The number of nitrogen functional groups attached to an aromatic ring is 1. The number of ether oxygens (including phenoxy) is 1. The fourth-order valence-electron chi connectivity index (χ4n) is 3.87. The maximum absolute atomic E-state index is 5.95. The number of rotatable bonds is 9. The van der Waals surface area contributed by atoms with Crippen LogP contribution in [0, 0.1) is 0 Å². The molecule has 2 aromatic rings. The van der Waals surface area contributed by atoms with E-state index in [9.17, 15) is 0 Å². The summed E-state index contributed by atoms with van der Waals surface area (Å²) in [5.41, 5.74) is 9.24. The zero-order valence-electron chi connectivity index (χ0n) is 17.4. The monoisotopic (exact) mass is 383 g/mol. The Bertz CT molecular complexity index is 774. The second-order valence-electron chi connectivity index (χ2n) is 7.74. The molecule has 6 nitrogen and oxygen atoms in total. The first-order chi connectivity index (χ1) is 13.6. The lowest BCUT2D eigenvalue weighted by Crippen LogP contribution is -2.18. The second kappa shape index (κ2) is 9.73. The van der Waals surface area contributed by atoms with E-state index in [1.807, 2.05) is 6.07 Å². The summed E-state index contributed by atoms with van der Waals surface area (Å²) in [6.07, 6.45) is 5.49. The van der Waals surface area contributed by atoms with E-state index in [4.69, 9.17) is 10.5 Å². The van der Waals surface area contributed by atoms with E-state index in [1.54, 1.807) is 7.11 Å². The number of methoxy groups -OCH3 is 1. The number of anilines is 2. The molecule has 152 valence electrons. The van der Waals surface area contributed by atoms with E-state index in [0.29, 0.717) is 18.4 Å². The van der Waals surface area contributed by atoms with Gasteiger partial charge in [-0.1, -0.05) is 25.5 Å². The Labute approximate surface area is 168 Å². The van der Waals surface area contributed by atoms with Gasteiger partial charge in [0.05, 0.1) is 12.8 Å². The minimum Gasteiger partial charge on any atom is -0.496 e. The maximum atomic E-state index is 5.95. The Kier molecular flexibility index (Phi) is 7.09. The highest BCUT2D eigenvalue weighted by molar-refractivity contribution is 5.45. The molecule has 0 aliphatic carbocycles. The van der Waals surface area contributed by atoms with Crippen LogP contribution in [0.1, 0.15) is 56.4 Å². The predicted molar refractivity (Wildman–Crippen MR) is 115 cm³/mol. The van der Waals surface area contributed by atoms with Gasteiger partial charge in [0.1, 0.15) is 11.6 Å². The van der Waals surface area contributed by atoms with Gasteiger partial charge in [0.25, 0.3) is 0 Å². The van der Waals surface area contributed by atoms with Crippen LogP contribution < -0.4 is 15.8 Å². The van der Waals surface area contributed by atoms with Gasteiger partial charge < -0.3 is 15.8 Å². The van der Waals surface area contributed by atoms with Crippen molar-refractivity contribution in [3.8, 4) is 5.75 Å². The third-order valence-corrected chi connectivity index (χ3v) is 5.24. The molecule has 1 aromatic heterocycles. The SMILES string of the molecule is CCC[C@H](C)Nc1cc(Cc2ccc(CN3CCCC3)cc2OC)nc(N)n1. The fourth-order valence-corrected chi connectivity index (χ4v) is 3.87. The molecule has 1 saturated heterocycles. The van der Waals surface area contributed by atoms with E-state index in [-0.39, 0.29) is 0 Å². The van der Waals surface area contributed by atoms with Crippen molar-refractivity contribution in [3.63, 3.8) is 0 Å². The quantitative estimate of drug-likeness (QED) is 0.685. The molecule has 3 N–H and O–H groups in total. The predicted octanol–water partition coefficient (Wildman–Crippen LogP) is 3.85. The third kappa shape index (κ3) is 5.58. The van der Waals surface area contributed by atoms with Crippen LogP contribution in [-0.2, 0) is 13.0 Å². The Morgan fingerprint density at radius 1 is 1.21 bits per heavy atom. The highest BCUT2D eigenvalue weighted by Crippen LogP contribution is 2.25. The molecule has 0 saturated carbocycles. The highest BCUT2D eigenvalue weighted by atomic mass is 16.5. The van der Waals surface area contributed by atoms with Gasteiger partial charge in [-0.15, -0.1) is 0 Å². The standard InChI is InChI=1S/C22H33N5O/c1-4-7-16(2)24-21-14-19(25-22(23)26-21)13-18-9-8-17(12-20(18)28-3)15-27-10-5-6-11-27/h8-9,12,14,16H,4-7,10-11,13,15H2,1-3H3,(H3,23,24,25,26)/t16-/m0/s1. The summed E-state index contributed by atoms with van der Waals surface area (Å²) in [6.45, 7) is 7.70. The number of hydrogen-bond acceptors (Lipinski definition) is 6. The van der Waals surface area contributed by atoms with Gasteiger partial charge >= 0.3 is 0 Å². The summed E-state index contributed by atoms with van der Waals surface area (Å²) < 4.78 is 5.67. The fraction of sp³-hybridized carbons (Fsp3) is 0.545. The van der Waals surface area contributed by atoms with E-state index in [2.05, 4.69) is 52.2 Å². The van der Waals surface area contributed by atoms with Crippen molar-refractivity contribution in [1.82, 2.24) is 14.9 Å². The van der Waals surface area contributed by atoms with E-state index >= 15 is 0 Å². The van der Waals surface area contributed by atoms with Gasteiger partial charge in [-0.05, 0) is 50.9 Å². The molecule has 28 heavy (non-hydrogen) atoms. The minimum atomic E-state index is 0.299. The zero-order valence-corrected chi connectivity index (χ0v) is 17.4. The van der Waals surface area contributed by atoms with E-state index in [0.717, 1.165) is 42.2 Å². The molecule has 3 rings (SSSR count). The summed E-state index contributed by atoms with van der Waals surface area (Å²) >= 11 is 0. The first-order valence-corrected chi connectivity index (χ1v) is 10.4. The molecule has 1 aromatic carbocycles. The number of nitrogens with two attached hydrogens (primary N) is 1. The Morgan fingerprint density at radius 2 is 2.00 bits per heavy atom. The molecule has 0 radical (unpaired) electrons. The molecular weight excluding hydrogens is 350 g/mol. The van der Waals surface area contributed by atoms with Crippen LogP contribution in [0.3, 0.4) is 0 Å². The van der Waals surface area contributed by atoms with Gasteiger partial charge in [-0.25, -0.2) is 4.98 Å². The van der Waals surface area contributed by atoms with Crippen molar-refractivity contribution >= 4 is 11.8 Å². The van der Waals surface area contributed by atoms with Gasteiger partial charge in [-0.2, -0.15) is 4.98 Å². The van der Waals surface area contributed by atoms with E-state index < -0.39 is 0 Å². The van der Waals surface area contributed by atoms with Crippen LogP contribution in [0.2, 0.25) is 0 Å². The lowest BCUT2D eigenvalue weighted by atomic mass is 10.0. The van der Waals surface area contributed by atoms with Gasteiger partial charge in [0.2, 0.25) is 5.95 Å². The average molecular weight is 384 g/mol. The van der Waals surface area contributed by atoms with Gasteiger partial charge in [-0.3, -0.25) is 4.90 Å². The Morgan fingerprint density at radius 3 is 2.71 bits per heavy atom. The smallest absolute Gasteiger partial charge is 0.222 e. The number of aromatic nitrogens is 2. The first-order valence-electron chi connectivity index (χ1n) is 10.4. The summed E-state index contributed by atoms with van der Waals surface area (Å²) in [4.78, 5) is 11.3. The van der Waals surface area contributed by atoms with Crippen LogP contribution in [0.25, 0.3) is 0 Å². The van der Waals surface area contributed by atoms with Gasteiger partial charge in [0, 0.05) is 30.6 Å². The zero-order chi connectivity index (χ0) is 19.9. The second-order valence-corrected chi connectivity index (χ2v) is 7.74. The molecule has 1 aliphatic heterocycles. The van der Waals surface area contributed by atoms with E-state index in [1.165, 1.54) is 31.5 Å². The van der Waals surface area contributed by atoms with Crippen molar-refractivity contribution in [1.29, 1.82) is 0 Å². The molecule has 0 spiro atoms. The largest absolute Gasteiger partial charge is 0.496 e. The molecule has 1 aliphatic rings. The van der Waals surface area contributed by atoms with Crippen LogP contribution >= 0.6 is 0 Å². The molecule has 0 bridgehead atoms. The molecule has 1 fully saturated rings. The average Bonchev–Trinajstić information content (AvgIpc) is 3.15. The highest BCUT2D eigenvalue weighted by Gasteiger charge is 2.14.